The summed E-state index contributed by atoms with van der Waals surface area (Å²) in [6, 6.07) is 29.0. The van der Waals surface area contributed by atoms with Crippen molar-refractivity contribution in [2.24, 2.45) is 4.99 Å². The molecule has 4 aromatic rings. The molecule has 0 spiro atoms. The number of nitrogens with zero attached hydrogens (tertiary/aromatic N) is 2. The lowest BCUT2D eigenvalue weighted by Crippen LogP contribution is -2.49. The Bertz CT molecular complexity index is 1740. The van der Waals surface area contributed by atoms with E-state index in [0.29, 0.717) is 28.2 Å². The lowest BCUT2D eigenvalue weighted by atomic mass is 9.87. The van der Waals surface area contributed by atoms with Gasteiger partial charge < -0.3 is 10.4 Å². The number of benzene rings is 4. The average Bonchev–Trinajstić information content (AvgIpc) is 3.30. The molecular formula is C35H30ClN3O5. The minimum Gasteiger partial charge on any atom is -0.480 e. The molecule has 1 aliphatic heterocycles. The Morgan fingerprint density at radius 3 is 2.11 bits per heavy atom. The van der Waals surface area contributed by atoms with Crippen molar-refractivity contribution in [2.75, 3.05) is 4.90 Å². The summed E-state index contributed by atoms with van der Waals surface area (Å²) < 4.78 is 0. The Labute approximate surface area is 260 Å². The quantitative estimate of drug-likeness (QED) is 0.233. The maximum absolute atomic E-state index is 14.2. The molecule has 0 fully saturated rings. The first-order valence-corrected chi connectivity index (χ1v) is 14.4. The first kappa shape index (κ1) is 30.4. The van der Waals surface area contributed by atoms with Gasteiger partial charge in [-0.2, -0.15) is 0 Å². The van der Waals surface area contributed by atoms with Gasteiger partial charge in [-0.1, -0.05) is 96.5 Å². The van der Waals surface area contributed by atoms with E-state index in [1.165, 1.54) is 11.8 Å². The maximum atomic E-state index is 14.2. The van der Waals surface area contributed by atoms with Gasteiger partial charge in [0.15, 0.2) is 5.78 Å². The summed E-state index contributed by atoms with van der Waals surface area (Å²) in [5.74, 6) is -2.27. The molecule has 0 saturated carbocycles. The van der Waals surface area contributed by atoms with Crippen LogP contribution in [0.4, 0.5) is 5.69 Å². The molecule has 1 heterocycles. The molecule has 5 rings (SSSR count). The van der Waals surface area contributed by atoms with Gasteiger partial charge in [0.1, 0.15) is 11.9 Å². The highest BCUT2D eigenvalue weighted by atomic mass is 35.5. The molecule has 0 aliphatic carbocycles. The maximum Gasteiger partial charge on any atom is 0.326 e. The molecule has 2 atom stereocenters. The van der Waals surface area contributed by atoms with E-state index >= 15 is 0 Å². The molecule has 222 valence electrons. The van der Waals surface area contributed by atoms with Crippen LogP contribution in [0.15, 0.2) is 108 Å². The number of carboxylic acid groups (broad SMARTS) is 1. The van der Waals surface area contributed by atoms with Crippen molar-refractivity contribution >= 4 is 46.7 Å². The molecule has 4 aromatic carbocycles. The molecule has 9 heteroatoms. The number of carbonyl (C=O) groups is 4. The van der Waals surface area contributed by atoms with Crippen molar-refractivity contribution in [2.45, 2.75) is 38.3 Å². The van der Waals surface area contributed by atoms with Gasteiger partial charge >= 0.3 is 5.97 Å². The summed E-state index contributed by atoms with van der Waals surface area (Å²) in [5, 5.41) is 12.7. The van der Waals surface area contributed by atoms with Crippen LogP contribution in [-0.4, -0.2) is 46.1 Å². The Morgan fingerprint density at radius 2 is 1.52 bits per heavy atom. The molecule has 0 radical (unpaired) electrons. The van der Waals surface area contributed by atoms with Crippen molar-refractivity contribution in [3.63, 3.8) is 0 Å². The SMILES string of the molecule is CC(=O)C1(Cc2ccccc2)N=C(c2ccccc2)N(c2ccc(CC(NC(=O)c3c(C)cccc3Cl)C(=O)O)cc2)C1=O. The molecule has 0 saturated heterocycles. The number of nitrogens with one attached hydrogen (secondary N) is 1. The predicted octanol–water partition coefficient (Wildman–Crippen LogP) is 5.44. The minimum absolute atomic E-state index is 0.0101. The van der Waals surface area contributed by atoms with E-state index in [-0.39, 0.29) is 29.2 Å². The summed E-state index contributed by atoms with van der Waals surface area (Å²) >= 11 is 6.21. The first-order chi connectivity index (χ1) is 21.1. The van der Waals surface area contributed by atoms with Crippen molar-refractivity contribution in [3.05, 3.63) is 136 Å². The van der Waals surface area contributed by atoms with E-state index in [4.69, 9.17) is 16.6 Å². The van der Waals surface area contributed by atoms with Crippen LogP contribution in [0.2, 0.25) is 5.02 Å². The van der Waals surface area contributed by atoms with Gasteiger partial charge in [-0.25, -0.2) is 9.79 Å². The molecule has 2 N–H and O–H groups in total. The number of hydrogen-bond donors (Lipinski definition) is 2. The number of Topliss-reactive ketones (excluding diaryl/α,β-unsaturated/α-hetero) is 1. The van der Waals surface area contributed by atoms with Gasteiger partial charge in [-0.15, -0.1) is 0 Å². The number of amidine groups is 1. The highest BCUT2D eigenvalue weighted by Gasteiger charge is 2.52. The van der Waals surface area contributed by atoms with Gasteiger partial charge in [0.25, 0.3) is 11.8 Å². The number of aryl methyl sites for hydroxylation is 1. The van der Waals surface area contributed by atoms with Gasteiger partial charge in [-0.05, 0) is 48.7 Å². The number of rotatable bonds is 10. The lowest BCUT2D eigenvalue weighted by Gasteiger charge is -2.25. The number of hydrogen-bond acceptors (Lipinski definition) is 5. The fourth-order valence-electron chi connectivity index (χ4n) is 5.31. The van der Waals surface area contributed by atoms with Crippen LogP contribution in [0.3, 0.4) is 0 Å². The topological polar surface area (TPSA) is 116 Å². The molecule has 8 nitrogen and oxygen atoms in total. The van der Waals surface area contributed by atoms with E-state index in [2.05, 4.69) is 5.32 Å². The van der Waals surface area contributed by atoms with Crippen LogP contribution in [0.5, 0.6) is 0 Å². The second kappa shape index (κ2) is 12.7. The molecule has 0 aromatic heterocycles. The van der Waals surface area contributed by atoms with E-state index < -0.39 is 29.4 Å². The van der Waals surface area contributed by atoms with Crippen molar-refractivity contribution in [1.29, 1.82) is 0 Å². The normalized spacial score (nSPS) is 16.8. The monoisotopic (exact) mass is 607 g/mol. The molecule has 2 amide bonds. The smallest absolute Gasteiger partial charge is 0.326 e. The molecule has 1 aliphatic rings. The number of ketones is 1. The zero-order valence-corrected chi connectivity index (χ0v) is 24.9. The Kier molecular flexibility index (Phi) is 8.73. The molecule has 0 bridgehead atoms. The zero-order chi connectivity index (χ0) is 31.4. The van der Waals surface area contributed by atoms with Crippen molar-refractivity contribution < 1.29 is 24.3 Å². The fourth-order valence-corrected chi connectivity index (χ4v) is 5.61. The molecule has 2 unspecified atom stereocenters. The highest BCUT2D eigenvalue weighted by molar-refractivity contribution is 6.35. The van der Waals surface area contributed by atoms with E-state index in [9.17, 15) is 24.3 Å². The Morgan fingerprint density at radius 1 is 0.886 bits per heavy atom. The number of carbonyl (C=O) groups excluding carboxylic acids is 3. The summed E-state index contributed by atoms with van der Waals surface area (Å²) in [5.41, 5.74) is 1.78. The molecule has 44 heavy (non-hydrogen) atoms. The van der Waals surface area contributed by atoms with E-state index in [0.717, 1.165) is 5.56 Å². The standard InChI is InChI=1S/C35H30ClN3O5/c1-22-10-9-15-28(36)30(22)32(41)37-29(33(42)43)20-24-16-18-27(19-17-24)39-31(26-13-7-4-8-14-26)38-35(23(2)40,34(39)44)21-25-11-5-3-6-12-25/h3-19,29H,20-21H2,1-2H3,(H,37,41)(H,42,43). The third kappa shape index (κ3) is 6.02. The number of aliphatic carboxylic acids is 1. The van der Waals surface area contributed by atoms with Crippen LogP contribution in [0.1, 0.15) is 39.5 Å². The van der Waals surface area contributed by atoms with Gasteiger partial charge in [0, 0.05) is 18.4 Å². The largest absolute Gasteiger partial charge is 0.480 e. The van der Waals surface area contributed by atoms with Crippen LogP contribution in [-0.2, 0) is 27.2 Å². The minimum atomic E-state index is -1.64. The highest BCUT2D eigenvalue weighted by Crippen LogP contribution is 2.34. The van der Waals surface area contributed by atoms with E-state index in [1.54, 1.807) is 49.4 Å². The van der Waals surface area contributed by atoms with Gasteiger partial charge in [-0.3, -0.25) is 19.3 Å². The average molecular weight is 608 g/mol. The van der Waals surface area contributed by atoms with E-state index in [1.807, 2.05) is 60.7 Å². The number of amides is 2. The summed E-state index contributed by atoms with van der Waals surface area (Å²) in [6.07, 6.45) is 0.0988. The van der Waals surface area contributed by atoms with Crippen LogP contribution >= 0.6 is 11.6 Å². The fraction of sp³-hybridized carbons (Fsp3) is 0.171. The summed E-state index contributed by atoms with van der Waals surface area (Å²) in [6.45, 7) is 3.10. The van der Waals surface area contributed by atoms with Gasteiger partial charge in [0.2, 0.25) is 5.54 Å². The van der Waals surface area contributed by atoms with Crippen LogP contribution < -0.4 is 10.2 Å². The number of anilines is 1. The second-order valence-electron chi connectivity index (χ2n) is 10.7. The predicted molar refractivity (Wildman–Crippen MR) is 169 cm³/mol. The van der Waals surface area contributed by atoms with Crippen LogP contribution in [0.25, 0.3) is 0 Å². The zero-order valence-electron chi connectivity index (χ0n) is 24.2. The van der Waals surface area contributed by atoms with Crippen molar-refractivity contribution in [1.82, 2.24) is 5.32 Å². The Balaban J connectivity index is 1.44. The summed E-state index contributed by atoms with van der Waals surface area (Å²) in [7, 11) is 0. The lowest BCUT2D eigenvalue weighted by molar-refractivity contribution is -0.139. The second-order valence-corrected chi connectivity index (χ2v) is 11.1. The Hall–Kier alpha value is -5.08. The van der Waals surface area contributed by atoms with Crippen LogP contribution in [0, 0.1) is 6.92 Å². The molecular weight excluding hydrogens is 578 g/mol. The first-order valence-electron chi connectivity index (χ1n) is 14.0. The number of carboxylic acids is 1. The number of aliphatic imine (C=N–C) groups is 1. The number of halogens is 1. The third-order valence-electron chi connectivity index (χ3n) is 7.67. The summed E-state index contributed by atoms with van der Waals surface area (Å²) in [4.78, 5) is 58.6. The van der Waals surface area contributed by atoms with Gasteiger partial charge in [0.05, 0.1) is 16.3 Å². The van der Waals surface area contributed by atoms with Crippen molar-refractivity contribution in [3.8, 4) is 0 Å². The third-order valence-corrected chi connectivity index (χ3v) is 7.98.